The fraction of sp³-hybridized carbons (Fsp3) is 0.632. The van der Waals surface area contributed by atoms with Crippen LogP contribution in [-0.4, -0.2) is 70.7 Å². The largest absolute Gasteiger partial charge is 0.348 e. The Morgan fingerprint density at radius 3 is 2.81 bits per heavy atom. The molecule has 2 aliphatic rings. The van der Waals surface area contributed by atoms with E-state index in [1.54, 1.807) is 0 Å². The first kappa shape index (κ1) is 18.6. The zero-order valence-electron chi connectivity index (χ0n) is 16.3. The van der Waals surface area contributed by atoms with Crippen LogP contribution in [0.3, 0.4) is 0 Å². The van der Waals surface area contributed by atoms with Crippen molar-refractivity contribution in [3.63, 3.8) is 0 Å². The van der Waals surface area contributed by atoms with Crippen molar-refractivity contribution < 1.29 is 4.79 Å². The number of likely N-dealkylation sites (tertiary alicyclic amines) is 1. The predicted octanol–water partition coefficient (Wildman–Crippen LogP) is 1.24. The molecule has 0 saturated carbocycles. The van der Waals surface area contributed by atoms with Gasteiger partial charge in [-0.1, -0.05) is 0 Å². The van der Waals surface area contributed by atoms with Gasteiger partial charge in [0.15, 0.2) is 0 Å². The Morgan fingerprint density at radius 2 is 2.07 bits per heavy atom. The molecule has 1 fully saturated rings. The number of rotatable bonds is 6. The first-order valence-electron chi connectivity index (χ1n) is 9.62. The number of fused-ring (bicyclic) bond motifs is 2. The summed E-state index contributed by atoms with van der Waals surface area (Å²) in [6, 6.07) is 4.44. The molecule has 2 aromatic rings. The Bertz CT molecular complexity index is 813. The second kappa shape index (κ2) is 7.69. The minimum absolute atomic E-state index is 0.113. The Labute approximate surface area is 164 Å². The maximum atomic E-state index is 12.5. The second-order valence-electron chi connectivity index (χ2n) is 8.04. The number of amides is 1. The van der Waals surface area contributed by atoms with Crippen LogP contribution in [0.4, 0.5) is 0 Å². The van der Waals surface area contributed by atoms with Gasteiger partial charge in [0.25, 0.3) is 5.91 Å². The summed E-state index contributed by atoms with van der Waals surface area (Å²) in [4.78, 5) is 19.9. The van der Waals surface area contributed by atoms with E-state index in [0.29, 0.717) is 24.2 Å². The van der Waals surface area contributed by atoms with E-state index < -0.39 is 0 Å². The molecule has 4 heterocycles. The Kier molecular flexibility index (Phi) is 5.29. The summed E-state index contributed by atoms with van der Waals surface area (Å²) in [5.41, 5.74) is 0. The molecule has 0 unspecified atom stereocenters. The van der Waals surface area contributed by atoms with Crippen LogP contribution >= 0.6 is 11.3 Å². The van der Waals surface area contributed by atoms with Crippen LogP contribution in [0.25, 0.3) is 0 Å². The second-order valence-corrected chi connectivity index (χ2v) is 9.41. The molecule has 1 N–H and O–H groups in total. The number of nitrogens with one attached hydrogen (secondary N) is 1. The highest BCUT2D eigenvalue weighted by Crippen LogP contribution is 2.33. The van der Waals surface area contributed by atoms with Crippen molar-refractivity contribution in [2.24, 2.45) is 11.8 Å². The molecule has 146 valence electrons. The first-order chi connectivity index (χ1) is 13.0. The molecule has 2 aromatic heterocycles. The number of carbonyl (C=O) groups excluding carboxylic acids is 1. The van der Waals surface area contributed by atoms with E-state index in [0.717, 1.165) is 45.0 Å². The number of aryl methyl sites for hydroxylation is 1. The summed E-state index contributed by atoms with van der Waals surface area (Å²) >= 11 is 1.89. The lowest BCUT2D eigenvalue weighted by molar-refractivity contribution is 0.0932. The third-order valence-electron chi connectivity index (χ3n) is 5.56. The van der Waals surface area contributed by atoms with Crippen molar-refractivity contribution in [2.75, 3.05) is 40.3 Å². The number of hydrogen-bond donors (Lipinski definition) is 1. The van der Waals surface area contributed by atoms with Gasteiger partial charge in [-0.2, -0.15) is 0 Å². The number of thiophene rings is 1. The van der Waals surface area contributed by atoms with Crippen molar-refractivity contribution >= 4 is 17.2 Å². The predicted molar refractivity (Wildman–Crippen MR) is 106 cm³/mol. The average Bonchev–Trinajstić information content (AvgIpc) is 3.30. The number of aromatic nitrogens is 3. The van der Waals surface area contributed by atoms with Gasteiger partial charge in [0.1, 0.15) is 5.82 Å². The number of hydrogen-bond acceptors (Lipinski definition) is 6. The topological polar surface area (TPSA) is 66.3 Å². The number of likely N-dealkylation sites (N-methyl/N-ethyl adjacent to an activating group) is 1. The molecule has 1 amide bonds. The minimum atomic E-state index is -0.113. The van der Waals surface area contributed by atoms with Crippen molar-refractivity contribution in [1.29, 1.82) is 0 Å². The SMILES string of the molecule is Cc1ccc(CN2C[C@@H]3Cc4nnc(C(=O)NCCN(C)C)n4C[C@@H]3C2)s1. The standard InChI is InChI=1S/C19H28N6OS/c1-13-4-5-16(27-13)12-24-9-14-8-17-21-22-18(25(17)11-15(14)10-24)19(26)20-6-7-23(2)3/h4-5,14-15H,6-12H2,1-3H3,(H,20,26)/t14-,15-/m0/s1. The monoisotopic (exact) mass is 388 g/mol. The molecule has 0 aromatic carbocycles. The minimum Gasteiger partial charge on any atom is -0.348 e. The summed E-state index contributed by atoms with van der Waals surface area (Å²) < 4.78 is 2.05. The van der Waals surface area contributed by atoms with Crippen LogP contribution in [0.15, 0.2) is 12.1 Å². The molecule has 1 saturated heterocycles. The molecule has 2 atom stereocenters. The van der Waals surface area contributed by atoms with Gasteiger partial charge in [-0.3, -0.25) is 9.69 Å². The van der Waals surface area contributed by atoms with E-state index in [2.05, 4.69) is 39.5 Å². The van der Waals surface area contributed by atoms with Crippen LogP contribution in [0.1, 0.15) is 26.2 Å². The summed E-state index contributed by atoms with van der Waals surface area (Å²) in [5.74, 6) is 2.51. The van der Waals surface area contributed by atoms with E-state index in [-0.39, 0.29) is 5.91 Å². The molecule has 0 aliphatic carbocycles. The molecule has 4 rings (SSSR count). The van der Waals surface area contributed by atoms with Crippen LogP contribution in [0.2, 0.25) is 0 Å². The van der Waals surface area contributed by atoms with E-state index in [9.17, 15) is 4.79 Å². The number of nitrogens with zero attached hydrogens (tertiary/aromatic N) is 5. The molecule has 0 spiro atoms. The summed E-state index contributed by atoms with van der Waals surface area (Å²) in [5, 5.41) is 11.5. The summed E-state index contributed by atoms with van der Waals surface area (Å²) in [7, 11) is 3.99. The molecule has 8 heteroatoms. The Hall–Kier alpha value is -1.77. The maximum absolute atomic E-state index is 12.5. The first-order valence-corrected chi connectivity index (χ1v) is 10.4. The smallest absolute Gasteiger partial charge is 0.289 e. The van der Waals surface area contributed by atoms with Crippen molar-refractivity contribution in [1.82, 2.24) is 29.9 Å². The van der Waals surface area contributed by atoms with E-state index >= 15 is 0 Å². The lowest BCUT2D eigenvalue weighted by Gasteiger charge is -2.25. The lowest BCUT2D eigenvalue weighted by atomic mass is 9.89. The molecule has 7 nitrogen and oxygen atoms in total. The summed E-state index contributed by atoms with van der Waals surface area (Å²) in [6.07, 6.45) is 0.919. The van der Waals surface area contributed by atoms with Gasteiger partial charge < -0.3 is 14.8 Å². The maximum Gasteiger partial charge on any atom is 0.289 e. The summed E-state index contributed by atoms with van der Waals surface area (Å²) in [6.45, 7) is 7.67. The number of carbonyl (C=O) groups is 1. The Morgan fingerprint density at radius 1 is 1.26 bits per heavy atom. The molecular formula is C19H28N6OS. The molecule has 0 bridgehead atoms. The Balaban J connectivity index is 1.39. The van der Waals surface area contributed by atoms with E-state index in [1.165, 1.54) is 9.75 Å². The molecule has 2 aliphatic heterocycles. The van der Waals surface area contributed by atoms with Gasteiger partial charge in [0, 0.05) is 55.4 Å². The molecule has 27 heavy (non-hydrogen) atoms. The van der Waals surface area contributed by atoms with Gasteiger partial charge in [0.2, 0.25) is 5.82 Å². The zero-order valence-corrected chi connectivity index (χ0v) is 17.1. The fourth-order valence-corrected chi connectivity index (χ4v) is 5.11. The third-order valence-corrected chi connectivity index (χ3v) is 6.55. The van der Waals surface area contributed by atoms with Crippen LogP contribution in [0, 0.1) is 18.8 Å². The van der Waals surface area contributed by atoms with Crippen LogP contribution in [0.5, 0.6) is 0 Å². The van der Waals surface area contributed by atoms with Gasteiger partial charge in [0.05, 0.1) is 0 Å². The third kappa shape index (κ3) is 4.07. The highest BCUT2D eigenvalue weighted by atomic mass is 32.1. The van der Waals surface area contributed by atoms with Gasteiger partial charge >= 0.3 is 0 Å². The van der Waals surface area contributed by atoms with Crippen molar-refractivity contribution in [3.05, 3.63) is 33.5 Å². The van der Waals surface area contributed by atoms with Gasteiger partial charge in [-0.05, 0) is 45.0 Å². The molecule has 0 radical (unpaired) electrons. The normalized spacial score (nSPS) is 22.1. The lowest BCUT2D eigenvalue weighted by Crippen LogP contribution is -2.35. The highest BCUT2D eigenvalue weighted by Gasteiger charge is 2.39. The van der Waals surface area contributed by atoms with Crippen molar-refractivity contribution in [2.45, 2.75) is 26.4 Å². The molecular weight excluding hydrogens is 360 g/mol. The van der Waals surface area contributed by atoms with Gasteiger partial charge in [-0.15, -0.1) is 21.5 Å². The van der Waals surface area contributed by atoms with Gasteiger partial charge in [-0.25, -0.2) is 0 Å². The van der Waals surface area contributed by atoms with Crippen LogP contribution < -0.4 is 5.32 Å². The van der Waals surface area contributed by atoms with E-state index in [4.69, 9.17) is 0 Å². The zero-order chi connectivity index (χ0) is 19.0. The average molecular weight is 389 g/mol. The van der Waals surface area contributed by atoms with E-state index in [1.807, 2.05) is 34.9 Å². The highest BCUT2D eigenvalue weighted by molar-refractivity contribution is 7.11. The fourth-order valence-electron chi connectivity index (χ4n) is 4.18. The van der Waals surface area contributed by atoms with Crippen LogP contribution in [-0.2, 0) is 19.5 Å². The quantitative estimate of drug-likeness (QED) is 0.807. The van der Waals surface area contributed by atoms with Crippen molar-refractivity contribution in [3.8, 4) is 0 Å².